The van der Waals surface area contributed by atoms with Gasteiger partial charge in [-0.2, -0.15) is 0 Å². The minimum atomic E-state index is -0.797. The monoisotopic (exact) mass is 252 g/mol. The number of hydrogen-bond donors (Lipinski definition) is 2. The molecule has 1 amide bonds. The van der Waals surface area contributed by atoms with E-state index >= 15 is 0 Å². The van der Waals surface area contributed by atoms with E-state index in [1.165, 1.54) is 0 Å². The number of likely N-dealkylation sites (tertiary alicyclic amines) is 1. The zero-order chi connectivity index (χ0) is 13.1. The van der Waals surface area contributed by atoms with E-state index in [9.17, 15) is 9.59 Å². The minimum Gasteiger partial charge on any atom is -0.481 e. The lowest BCUT2D eigenvalue weighted by Gasteiger charge is -2.40. The highest BCUT2D eigenvalue weighted by atomic mass is 16.4. The molecule has 0 spiro atoms. The van der Waals surface area contributed by atoms with Gasteiger partial charge < -0.3 is 14.8 Å². The van der Waals surface area contributed by atoms with E-state index in [2.05, 4.69) is 5.32 Å². The van der Waals surface area contributed by atoms with Crippen molar-refractivity contribution in [3.8, 4) is 0 Å². The Balaban J connectivity index is 1.74. The summed E-state index contributed by atoms with van der Waals surface area (Å²) in [6.45, 7) is 3.00. The largest absolute Gasteiger partial charge is 0.481 e. The lowest BCUT2D eigenvalue weighted by molar-refractivity contribution is -0.150. The number of hydrogen-bond acceptors (Lipinski definition) is 4. The standard InChI is InChI=1S/C12H16N2O4/c1-8(14-6-9(7-14)12(16)17)11(15)13-5-10-3-2-4-18-10/h2-4,8-9H,5-7H2,1H3,(H,13,15)(H,16,17). The van der Waals surface area contributed by atoms with E-state index < -0.39 is 5.97 Å². The maximum absolute atomic E-state index is 11.8. The van der Waals surface area contributed by atoms with Gasteiger partial charge in [-0.1, -0.05) is 0 Å². The Morgan fingerprint density at radius 3 is 2.89 bits per heavy atom. The molecular weight excluding hydrogens is 236 g/mol. The molecule has 2 rings (SSSR count). The van der Waals surface area contributed by atoms with Gasteiger partial charge in [0.2, 0.25) is 5.91 Å². The highest BCUT2D eigenvalue weighted by Crippen LogP contribution is 2.18. The Labute approximate surface area is 105 Å². The molecule has 1 saturated heterocycles. The first kappa shape index (κ1) is 12.6. The van der Waals surface area contributed by atoms with Gasteiger partial charge in [-0.15, -0.1) is 0 Å². The Kier molecular flexibility index (Phi) is 3.66. The minimum absolute atomic E-state index is 0.116. The van der Waals surface area contributed by atoms with Crippen LogP contribution < -0.4 is 5.32 Å². The summed E-state index contributed by atoms with van der Waals surface area (Å²) >= 11 is 0. The zero-order valence-corrected chi connectivity index (χ0v) is 10.1. The van der Waals surface area contributed by atoms with Gasteiger partial charge in [0.1, 0.15) is 5.76 Å². The van der Waals surface area contributed by atoms with E-state index in [1.54, 1.807) is 25.3 Å². The van der Waals surface area contributed by atoms with Gasteiger partial charge in [-0.25, -0.2) is 0 Å². The molecule has 2 N–H and O–H groups in total. The van der Waals surface area contributed by atoms with E-state index in [0.717, 1.165) is 0 Å². The maximum atomic E-state index is 11.8. The molecule has 98 valence electrons. The second-order valence-electron chi connectivity index (χ2n) is 4.46. The number of furan rings is 1. The van der Waals surface area contributed by atoms with Gasteiger partial charge >= 0.3 is 5.97 Å². The number of carbonyl (C=O) groups is 2. The van der Waals surface area contributed by atoms with E-state index in [1.807, 2.05) is 4.90 Å². The van der Waals surface area contributed by atoms with Crippen molar-refractivity contribution in [3.05, 3.63) is 24.2 Å². The Hall–Kier alpha value is -1.82. The first-order valence-electron chi connectivity index (χ1n) is 5.85. The van der Waals surface area contributed by atoms with Crippen LogP contribution in [0.1, 0.15) is 12.7 Å². The van der Waals surface area contributed by atoms with Crippen molar-refractivity contribution in [1.82, 2.24) is 10.2 Å². The van der Waals surface area contributed by atoms with Crippen LogP contribution in [-0.2, 0) is 16.1 Å². The fraction of sp³-hybridized carbons (Fsp3) is 0.500. The predicted octanol–water partition coefficient (Wildman–Crippen LogP) is 0.301. The van der Waals surface area contributed by atoms with Crippen LogP contribution in [0.15, 0.2) is 22.8 Å². The summed E-state index contributed by atoms with van der Waals surface area (Å²) in [6, 6.07) is 3.24. The van der Waals surface area contributed by atoms with Crippen LogP contribution in [0, 0.1) is 5.92 Å². The summed E-state index contributed by atoms with van der Waals surface area (Å²) in [4.78, 5) is 24.3. The zero-order valence-electron chi connectivity index (χ0n) is 10.1. The number of amides is 1. The number of carbonyl (C=O) groups excluding carboxylic acids is 1. The first-order chi connectivity index (χ1) is 8.58. The highest BCUT2D eigenvalue weighted by molar-refractivity contribution is 5.82. The normalized spacial score (nSPS) is 18.1. The molecule has 0 aromatic carbocycles. The summed E-state index contributed by atoms with van der Waals surface area (Å²) in [5.41, 5.74) is 0. The van der Waals surface area contributed by atoms with Crippen molar-refractivity contribution in [2.75, 3.05) is 13.1 Å². The average molecular weight is 252 g/mol. The third-order valence-electron chi connectivity index (χ3n) is 3.20. The summed E-state index contributed by atoms with van der Waals surface area (Å²) < 4.78 is 5.11. The Morgan fingerprint density at radius 2 is 2.33 bits per heavy atom. The number of carboxylic acid groups (broad SMARTS) is 1. The SMILES string of the molecule is CC(C(=O)NCc1ccco1)N1CC(C(=O)O)C1. The second kappa shape index (κ2) is 5.22. The summed E-state index contributed by atoms with van der Waals surface area (Å²) in [5, 5.41) is 11.5. The molecule has 0 radical (unpaired) electrons. The van der Waals surface area contributed by atoms with Crippen molar-refractivity contribution >= 4 is 11.9 Å². The van der Waals surface area contributed by atoms with Crippen LogP contribution in [0.5, 0.6) is 0 Å². The van der Waals surface area contributed by atoms with Crippen LogP contribution in [-0.4, -0.2) is 41.0 Å². The van der Waals surface area contributed by atoms with Crippen LogP contribution in [0.2, 0.25) is 0 Å². The van der Waals surface area contributed by atoms with E-state index in [-0.39, 0.29) is 17.9 Å². The fourth-order valence-corrected chi connectivity index (χ4v) is 1.89. The molecule has 18 heavy (non-hydrogen) atoms. The summed E-state index contributed by atoms with van der Waals surface area (Å²) in [6.07, 6.45) is 1.55. The molecule has 6 nitrogen and oxygen atoms in total. The molecule has 1 aromatic heterocycles. The fourth-order valence-electron chi connectivity index (χ4n) is 1.89. The van der Waals surface area contributed by atoms with Crippen molar-refractivity contribution in [3.63, 3.8) is 0 Å². The van der Waals surface area contributed by atoms with Gasteiger partial charge in [0.15, 0.2) is 0 Å². The smallest absolute Gasteiger partial charge is 0.309 e. The van der Waals surface area contributed by atoms with Crippen LogP contribution in [0.25, 0.3) is 0 Å². The van der Waals surface area contributed by atoms with Gasteiger partial charge in [0.05, 0.1) is 24.8 Å². The molecule has 1 fully saturated rings. The molecule has 0 saturated carbocycles. The second-order valence-corrected chi connectivity index (χ2v) is 4.46. The topological polar surface area (TPSA) is 82.8 Å². The number of nitrogens with zero attached hydrogens (tertiary/aromatic N) is 1. The van der Waals surface area contributed by atoms with Crippen LogP contribution in [0.3, 0.4) is 0 Å². The molecule has 0 bridgehead atoms. The lowest BCUT2D eigenvalue weighted by Crippen LogP contribution is -2.57. The quantitative estimate of drug-likeness (QED) is 0.787. The number of rotatable bonds is 5. The number of carboxylic acids is 1. The molecule has 1 aromatic rings. The summed E-state index contributed by atoms with van der Waals surface area (Å²) in [5.74, 6) is -0.558. The molecule has 0 aliphatic carbocycles. The molecule has 2 heterocycles. The Morgan fingerprint density at radius 1 is 1.61 bits per heavy atom. The first-order valence-corrected chi connectivity index (χ1v) is 5.85. The van der Waals surface area contributed by atoms with Crippen molar-refractivity contribution in [2.24, 2.45) is 5.92 Å². The molecule has 1 aliphatic rings. The molecular formula is C12H16N2O4. The average Bonchev–Trinajstić information content (AvgIpc) is 2.75. The van der Waals surface area contributed by atoms with Crippen LogP contribution >= 0.6 is 0 Å². The number of nitrogens with one attached hydrogen (secondary N) is 1. The predicted molar refractivity (Wildman–Crippen MR) is 62.7 cm³/mol. The van der Waals surface area contributed by atoms with Gasteiger partial charge in [-0.05, 0) is 19.1 Å². The van der Waals surface area contributed by atoms with Crippen LogP contribution in [0.4, 0.5) is 0 Å². The van der Waals surface area contributed by atoms with Crippen molar-refractivity contribution in [2.45, 2.75) is 19.5 Å². The third-order valence-corrected chi connectivity index (χ3v) is 3.20. The van der Waals surface area contributed by atoms with Crippen molar-refractivity contribution in [1.29, 1.82) is 0 Å². The van der Waals surface area contributed by atoms with E-state index in [4.69, 9.17) is 9.52 Å². The molecule has 6 heteroatoms. The highest BCUT2D eigenvalue weighted by Gasteiger charge is 2.37. The molecule has 1 aliphatic heterocycles. The van der Waals surface area contributed by atoms with Gasteiger partial charge in [-0.3, -0.25) is 14.5 Å². The maximum Gasteiger partial charge on any atom is 0.309 e. The molecule has 1 atom stereocenters. The Bertz CT molecular complexity index is 423. The number of aliphatic carboxylic acids is 1. The lowest BCUT2D eigenvalue weighted by atomic mass is 9.98. The van der Waals surface area contributed by atoms with E-state index in [0.29, 0.717) is 25.4 Å². The van der Waals surface area contributed by atoms with Gasteiger partial charge in [0.25, 0.3) is 0 Å². The van der Waals surface area contributed by atoms with Gasteiger partial charge in [0, 0.05) is 13.1 Å². The molecule has 1 unspecified atom stereocenters. The van der Waals surface area contributed by atoms with Crippen molar-refractivity contribution < 1.29 is 19.1 Å². The third kappa shape index (κ3) is 2.70. The summed E-state index contributed by atoms with van der Waals surface area (Å²) in [7, 11) is 0.